The standard InChI is InChI=1S/C19H14O5/c1-21-15-5-3-11(8-18(15)22-2)14-10-23-17-9-16-12(7-13(14)17)4-6-19(20)24-16/h3-10H,1-2H3. The summed E-state index contributed by atoms with van der Waals surface area (Å²) in [6.45, 7) is 0. The molecule has 0 unspecified atom stereocenters. The van der Waals surface area contributed by atoms with Crippen molar-refractivity contribution in [2.24, 2.45) is 0 Å². The van der Waals surface area contributed by atoms with E-state index in [1.54, 1.807) is 32.6 Å². The number of furan rings is 1. The number of rotatable bonds is 3. The predicted octanol–water partition coefficient (Wildman–Crippen LogP) is 4.22. The summed E-state index contributed by atoms with van der Waals surface area (Å²) >= 11 is 0. The van der Waals surface area contributed by atoms with Crippen LogP contribution >= 0.6 is 0 Å². The SMILES string of the molecule is COc1ccc(-c2coc3cc4oc(=O)ccc4cc23)cc1OC. The lowest BCUT2D eigenvalue weighted by molar-refractivity contribution is 0.355. The molecule has 4 rings (SSSR count). The second-order valence-corrected chi connectivity index (χ2v) is 5.36. The van der Waals surface area contributed by atoms with E-state index in [2.05, 4.69) is 0 Å². The monoisotopic (exact) mass is 322 g/mol. The van der Waals surface area contributed by atoms with Crippen molar-refractivity contribution < 1.29 is 18.3 Å². The maximum absolute atomic E-state index is 11.4. The molecule has 0 saturated carbocycles. The summed E-state index contributed by atoms with van der Waals surface area (Å²) in [5.74, 6) is 1.32. The average Bonchev–Trinajstić information content (AvgIpc) is 3.01. The van der Waals surface area contributed by atoms with Gasteiger partial charge in [-0.25, -0.2) is 4.79 Å². The molecule has 5 heteroatoms. The number of hydrogen-bond acceptors (Lipinski definition) is 5. The van der Waals surface area contributed by atoms with E-state index in [0.29, 0.717) is 22.7 Å². The highest BCUT2D eigenvalue weighted by molar-refractivity contribution is 6.01. The third-order valence-corrected chi connectivity index (χ3v) is 4.01. The van der Waals surface area contributed by atoms with E-state index < -0.39 is 0 Å². The Labute approximate surface area is 137 Å². The van der Waals surface area contributed by atoms with Crippen LogP contribution in [0.5, 0.6) is 11.5 Å². The first kappa shape index (κ1) is 14.4. The number of fused-ring (bicyclic) bond motifs is 2. The summed E-state index contributed by atoms with van der Waals surface area (Å²) in [7, 11) is 3.20. The van der Waals surface area contributed by atoms with Gasteiger partial charge in [-0.2, -0.15) is 0 Å². The van der Waals surface area contributed by atoms with Gasteiger partial charge in [0.2, 0.25) is 0 Å². The van der Waals surface area contributed by atoms with Gasteiger partial charge < -0.3 is 18.3 Å². The van der Waals surface area contributed by atoms with Crippen molar-refractivity contribution >= 4 is 21.9 Å². The number of methoxy groups -OCH3 is 2. The van der Waals surface area contributed by atoms with E-state index in [1.165, 1.54) is 6.07 Å². The van der Waals surface area contributed by atoms with Crippen LogP contribution in [0, 0.1) is 0 Å². The smallest absolute Gasteiger partial charge is 0.336 e. The highest BCUT2D eigenvalue weighted by Crippen LogP contribution is 2.37. The van der Waals surface area contributed by atoms with E-state index >= 15 is 0 Å². The topological polar surface area (TPSA) is 61.8 Å². The molecular formula is C19H14O5. The van der Waals surface area contributed by atoms with E-state index in [9.17, 15) is 4.79 Å². The molecule has 4 aromatic rings. The lowest BCUT2D eigenvalue weighted by Gasteiger charge is -2.09. The molecule has 5 nitrogen and oxygen atoms in total. The van der Waals surface area contributed by atoms with Gasteiger partial charge in [0.25, 0.3) is 0 Å². The average molecular weight is 322 g/mol. The first-order chi connectivity index (χ1) is 11.7. The Morgan fingerprint density at radius 2 is 1.71 bits per heavy atom. The summed E-state index contributed by atoms with van der Waals surface area (Å²) in [6.07, 6.45) is 1.68. The van der Waals surface area contributed by atoms with Crippen LogP contribution in [0.1, 0.15) is 0 Å². The normalized spacial score (nSPS) is 11.1. The van der Waals surface area contributed by atoms with Crippen molar-refractivity contribution in [3.63, 3.8) is 0 Å². The highest BCUT2D eigenvalue weighted by Gasteiger charge is 2.13. The molecule has 0 spiro atoms. The van der Waals surface area contributed by atoms with E-state index in [1.807, 2.05) is 24.3 Å². The van der Waals surface area contributed by atoms with Gasteiger partial charge in [0.1, 0.15) is 11.2 Å². The maximum Gasteiger partial charge on any atom is 0.336 e. The van der Waals surface area contributed by atoms with Crippen LogP contribution in [-0.2, 0) is 0 Å². The first-order valence-electron chi connectivity index (χ1n) is 7.37. The Bertz CT molecular complexity index is 1100. The Morgan fingerprint density at radius 3 is 2.50 bits per heavy atom. The van der Waals surface area contributed by atoms with Crippen LogP contribution in [0.25, 0.3) is 33.1 Å². The summed E-state index contributed by atoms with van der Waals surface area (Å²) in [5, 5.41) is 1.77. The van der Waals surface area contributed by atoms with Gasteiger partial charge >= 0.3 is 5.63 Å². The summed E-state index contributed by atoms with van der Waals surface area (Å²) < 4.78 is 21.5. The zero-order valence-corrected chi connectivity index (χ0v) is 13.2. The fraction of sp³-hybridized carbons (Fsp3) is 0.105. The van der Waals surface area contributed by atoms with Gasteiger partial charge in [0.15, 0.2) is 11.5 Å². The van der Waals surface area contributed by atoms with Gasteiger partial charge in [-0.05, 0) is 29.8 Å². The van der Waals surface area contributed by atoms with Crippen molar-refractivity contribution in [3.8, 4) is 22.6 Å². The van der Waals surface area contributed by atoms with Crippen molar-refractivity contribution in [2.75, 3.05) is 14.2 Å². The molecule has 2 heterocycles. The summed E-state index contributed by atoms with van der Waals surface area (Å²) in [4.78, 5) is 11.4. The van der Waals surface area contributed by atoms with E-state index in [0.717, 1.165) is 21.9 Å². The zero-order valence-electron chi connectivity index (χ0n) is 13.2. The van der Waals surface area contributed by atoms with Gasteiger partial charge in [0.05, 0.1) is 20.5 Å². The molecule has 120 valence electrons. The van der Waals surface area contributed by atoms with Gasteiger partial charge in [0, 0.05) is 28.5 Å². The Hall–Kier alpha value is -3.21. The lowest BCUT2D eigenvalue weighted by Crippen LogP contribution is -1.93. The molecule has 0 N–H and O–H groups in total. The molecule has 2 aromatic carbocycles. The number of ether oxygens (including phenoxy) is 2. The number of hydrogen-bond donors (Lipinski definition) is 0. The molecule has 0 bridgehead atoms. The van der Waals surface area contributed by atoms with E-state index in [-0.39, 0.29) is 5.63 Å². The van der Waals surface area contributed by atoms with Crippen LogP contribution in [-0.4, -0.2) is 14.2 Å². The maximum atomic E-state index is 11.4. The van der Waals surface area contributed by atoms with Crippen LogP contribution in [0.4, 0.5) is 0 Å². The Morgan fingerprint density at radius 1 is 0.875 bits per heavy atom. The molecule has 0 radical (unpaired) electrons. The van der Waals surface area contributed by atoms with Crippen molar-refractivity contribution in [1.82, 2.24) is 0 Å². The second-order valence-electron chi connectivity index (χ2n) is 5.36. The minimum Gasteiger partial charge on any atom is -0.493 e. The van der Waals surface area contributed by atoms with Crippen molar-refractivity contribution in [3.05, 3.63) is 59.1 Å². The molecule has 0 fully saturated rings. The van der Waals surface area contributed by atoms with Crippen LogP contribution in [0.15, 0.2) is 62.4 Å². The fourth-order valence-corrected chi connectivity index (χ4v) is 2.82. The molecule has 2 aromatic heterocycles. The minimum atomic E-state index is -0.381. The van der Waals surface area contributed by atoms with Crippen LogP contribution in [0.3, 0.4) is 0 Å². The Balaban J connectivity index is 1.94. The third kappa shape index (κ3) is 2.22. The molecule has 0 aliphatic rings. The second kappa shape index (κ2) is 5.45. The first-order valence-corrected chi connectivity index (χ1v) is 7.37. The van der Waals surface area contributed by atoms with Gasteiger partial charge in [-0.3, -0.25) is 0 Å². The molecule has 0 saturated heterocycles. The molecule has 0 aliphatic heterocycles. The van der Waals surface area contributed by atoms with Gasteiger partial charge in [-0.1, -0.05) is 6.07 Å². The van der Waals surface area contributed by atoms with Gasteiger partial charge in [-0.15, -0.1) is 0 Å². The van der Waals surface area contributed by atoms with Crippen molar-refractivity contribution in [1.29, 1.82) is 0 Å². The largest absolute Gasteiger partial charge is 0.493 e. The Kier molecular flexibility index (Phi) is 3.27. The lowest BCUT2D eigenvalue weighted by atomic mass is 10.0. The van der Waals surface area contributed by atoms with Crippen molar-refractivity contribution in [2.45, 2.75) is 0 Å². The number of benzene rings is 2. The molecule has 24 heavy (non-hydrogen) atoms. The highest BCUT2D eigenvalue weighted by atomic mass is 16.5. The van der Waals surface area contributed by atoms with Crippen LogP contribution in [0.2, 0.25) is 0 Å². The third-order valence-electron chi connectivity index (χ3n) is 4.01. The minimum absolute atomic E-state index is 0.381. The molecular weight excluding hydrogens is 308 g/mol. The fourth-order valence-electron chi connectivity index (χ4n) is 2.82. The summed E-state index contributed by atoms with van der Waals surface area (Å²) in [6, 6.07) is 12.5. The molecule has 0 aliphatic carbocycles. The zero-order chi connectivity index (χ0) is 16.7. The quantitative estimate of drug-likeness (QED) is 0.528. The summed E-state index contributed by atoms with van der Waals surface area (Å²) in [5.41, 5.74) is 2.65. The predicted molar refractivity (Wildman–Crippen MR) is 90.8 cm³/mol. The molecule has 0 amide bonds. The van der Waals surface area contributed by atoms with Crippen LogP contribution < -0.4 is 15.1 Å². The molecule has 0 atom stereocenters. The van der Waals surface area contributed by atoms with E-state index in [4.69, 9.17) is 18.3 Å².